The van der Waals surface area contributed by atoms with Crippen LogP contribution >= 0.6 is 0 Å². The number of ether oxygens (including phenoxy) is 1. The molecule has 0 amide bonds. The average Bonchev–Trinajstić information content (AvgIpc) is 2.65. The van der Waals surface area contributed by atoms with Crippen LogP contribution in [0.1, 0.15) is 83.8 Å². The molecule has 0 radical (unpaired) electrons. The van der Waals surface area contributed by atoms with Gasteiger partial charge in [0, 0.05) is 18.8 Å². The predicted molar refractivity (Wildman–Crippen MR) is 116 cm³/mol. The number of hydrogen-bond donors (Lipinski definition) is 0. The fraction of sp³-hybridized carbons (Fsp3) is 0.739. The van der Waals surface area contributed by atoms with Crippen LogP contribution in [0.15, 0.2) is 24.3 Å². The van der Waals surface area contributed by atoms with Crippen LogP contribution in [0.3, 0.4) is 0 Å². The smallest absolute Gasteiger partial charge is 0.321 e. The van der Waals surface area contributed by atoms with E-state index in [9.17, 15) is 0 Å². The van der Waals surface area contributed by atoms with Crippen molar-refractivity contribution in [3.8, 4) is 0 Å². The summed E-state index contributed by atoms with van der Waals surface area (Å²) in [5.41, 5.74) is 2.94. The van der Waals surface area contributed by atoms with Gasteiger partial charge in [0.1, 0.15) is 0 Å². The molecule has 0 N–H and O–H groups in total. The Kier molecular flexibility index (Phi) is 10.0. The molecular formula is C23H40O3Si. The fourth-order valence-electron chi connectivity index (χ4n) is 3.86. The molecule has 1 saturated carbocycles. The van der Waals surface area contributed by atoms with E-state index in [0.717, 1.165) is 25.5 Å². The average molecular weight is 393 g/mol. The van der Waals surface area contributed by atoms with Gasteiger partial charge in [-0.1, -0.05) is 31.2 Å². The van der Waals surface area contributed by atoms with Crippen molar-refractivity contribution >= 4 is 9.28 Å². The van der Waals surface area contributed by atoms with Gasteiger partial charge < -0.3 is 13.6 Å². The van der Waals surface area contributed by atoms with Crippen LogP contribution < -0.4 is 0 Å². The van der Waals surface area contributed by atoms with Crippen LogP contribution in [0, 0.1) is 0 Å². The molecule has 0 spiro atoms. The molecule has 0 unspecified atom stereocenters. The Morgan fingerprint density at radius 1 is 0.926 bits per heavy atom. The molecule has 154 valence electrons. The van der Waals surface area contributed by atoms with Gasteiger partial charge in [-0.15, -0.1) is 0 Å². The van der Waals surface area contributed by atoms with Gasteiger partial charge in [-0.25, -0.2) is 0 Å². The maximum Gasteiger partial charge on any atom is 0.321 e. The summed E-state index contributed by atoms with van der Waals surface area (Å²) >= 11 is 0. The molecule has 1 aromatic carbocycles. The van der Waals surface area contributed by atoms with E-state index in [-0.39, 0.29) is 12.2 Å². The van der Waals surface area contributed by atoms with Crippen LogP contribution in [-0.2, 0) is 20.0 Å². The zero-order valence-electron chi connectivity index (χ0n) is 18.1. The Labute approximate surface area is 168 Å². The van der Waals surface area contributed by atoms with E-state index in [0.29, 0.717) is 12.0 Å². The van der Waals surface area contributed by atoms with Crippen molar-refractivity contribution in [1.82, 2.24) is 0 Å². The van der Waals surface area contributed by atoms with Gasteiger partial charge in [0.2, 0.25) is 0 Å². The highest BCUT2D eigenvalue weighted by molar-refractivity contribution is 6.44. The second kappa shape index (κ2) is 12.0. The predicted octanol–water partition coefficient (Wildman–Crippen LogP) is 5.75. The Balaban J connectivity index is 1.65. The van der Waals surface area contributed by atoms with E-state index in [2.05, 4.69) is 58.9 Å². The van der Waals surface area contributed by atoms with Crippen LogP contribution in [0.5, 0.6) is 0 Å². The topological polar surface area (TPSA) is 27.7 Å². The molecule has 1 aromatic rings. The van der Waals surface area contributed by atoms with Crippen LogP contribution in [0.2, 0.25) is 6.04 Å². The van der Waals surface area contributed by atoms with E-state index in [1.807, 2.05) is 0 Å². The molecule has 2 rings (SSSR count). The molecule has 0 aromatic heterocycles. The quantitative estimate of drug-likeness (QED) is 0.354. The molecule has 1 aliphatic carbocycles. The van der Waals surface area contributed by atoms with Crippen LogP contribution in [0.25, 0.3) is 0 Å². The number of benzene rings is 1. The van der Waals surface area contributed by atoms with Crippen molar-refractivity contribution in [3.05, 3.63) is 35.4 Å². The lowest BCUT2D eigenvalue weighted by atomic mass is 9.82. The molecular weight excluding hydrogens is 352 g/mol. The summed E-state index contributed by atoms with van der Waals surface area (Å²) < 4.78 is 18.2. The molecule has 1 aliphatic rings. The minimum Gasteiger partial charge on any atom is -0.394 e. The van der Waals surface area contributed by atoms with Crippen molar-refractivity contribution in [2.75, 3.05) is 6.61 Å². The fourth-order valence-corrected chi connectivity index (χ4v) is 5.91. The molecule has 0 heterocycles. The third-order valence-corrected chi connectivity index (χ3v) is 7.89. The normalized spacial score (nSPS) is 20.7. The first kappa shape index (κ1) is 22.6. The summed E-state index contributed by atoms with van der Waals surface area (Å²) in [5, 5.41) is 0. The van der Waals surface area contributed by atoms with Crippen molar-refractivity contribution in [1.29, 1.82) is 0 Å². The minimum absolute atomic E-state index is 0.253. The summed E-state index contributed by atoms with van der Waals surface area (Å²) in [7, 11) is -1.56. The molecule has 0 atom stereocenters. The highest BCUT2D eigenvalue weighted by Crippen LogP contribution is 2.34. The zero-order valence-corrected chi connectivity index (χ0v) is 19.2. The first-order valence-corrected chi connectivity index (χ1v) is 12.7. The monoisotopic (exact) mass is 392 g/mol. The lowest BCUT2D eigenvalue weighted by Gasteiger charge is -2.29. The molecule has 0 saturated heterocycles. The Morgan fingerprint density at radius 3 is 2.04 bits per heavy atom. The highest BCUT2D eigenvalue weighted by Gasteiger charge is 2.23. The third-order valence-electron chi connectivity index (χ3n) is 5.32. The maximum atomic E-state index is 6.18. The van der Waals surface area contributed by atoms with E-state index in [1.54, 1.807) is 0 Å². The maximum absolute atomic E-state index is 6.18. The van der Waals surface area contributed by atoms with Gasteiger partial charge in [-0.05, 0) is 89.3 Å². The third kappa shape index (κ3) is 8.47. The number of rotatable bonds is 11. The Bertz CT molecular complexity index is 497. The second-order valence-electron chi connectivity index (χ2n) is 8.38. The van der Waals surface area contributed by atoms with Gasteiger partial charge in [0.25, 0.3) is 0 Å². The first-order valence-electron chi connectivity index (χ1n) is 11.0. The highest BCUT2D eigenvalue weighted by atomic mass is 28.3. The summed E-state index contributed by atoms with van der Waals surface area (Å²) in [6.45, 7) is 11.4. The zero-order chi connectivity index (χ0) is 19.6. The van der Waals surface area contributed by atoms with Gasteiger partial charge in [-0.3, -0.25) is 0 Å². The minimum atomic E-state index is -1.56. The van der Waals surface area contributed by atoms with Crippen LogP contribution in [-0.4, -0.2) is 34.2 Å². The molecule has 27 heavy (non-hydrogen) atoms. The molecule has 0 bridgehead atoms. The van der Waals surface area contributed by atoms with E-state index >= 15 is 0 Å². The largest absolute Gasteiger partial charge is 0.394 e. The van der Waals surface area contributed by atoms with Gasteiger partial charge in [0.15, 0.2) is 0 Å². The number of aryl methyl sites for hydroxylation is 1. The Hall–Kier alpha value is -0.683. The van der Waals surface area contributed by atoms with Crippen LogP contribution in [0.4, 0.5) is 0 Å². The summed E-state index contributed by atoms with van der Waals surface area (Å²) in [6.07, 6.45) is 7.99. The van der Waals surface area contributed by atoms with E-state index < -0.39 is 9.28 Å². The number of hydrogen-bond acceptors (Lipinski definition) is 3. The summed E-state index contributed by atoms with van der Waals surface area (Å²) in [5.74, 6) is 0.714. The van der Waals surface area contributed by atoms with E-state index in [4.69, 9.17) is 13.6 Å². The van der Waals surface area contributed by atoms with Gasteiger partial charge in [-0.2, -0.15) is 0 Å². The SMILES string of the molecule is CCc1ccc(C2CCC(OCCC[SiH](OC(C)C)OC(C)C)CC2)cc1. The standard InChI is InChI=1S/C23H40O3Si/c1-6-20-8-10-21(11-9-20)22-12-14-23(15-13-22)24-16-7-17-27(25-18(2)3)26-19(4)5/h8-11,18-19,22-23,27H,6-7,12-17H2,1-5H3. The van der Waals surface area contributed by atoms with Gasteiger partial charge in [0.05, 0.1) is 6.10 Å². The summed E-state index contributed by atoms with van der Waals surface area (Å²) in [4.78, 5) is 0. The molecule has 1 fully saturated rings. The molecule has 4 heteroatoms. The van der Waals surface area contributed by atoms with Crippen molar-refractivity contribution in [3.63, 3.8) is 0 Å². The van der Waals surface area contributed by atoms with Crippen molar-refractivity contribution in [2.24, 2.45) is 0 Å². The van der Waals surface area contributed by atoms with E-state index in [1.165, 1.54) is 36.8 Å². The lowest BCUT2D eigenvalue weighted by molar-refractivity contribution is 0.0237. The first-order chi connectivity index (χ1) is 13.0. The molecule has 3 nitrogen and oxygen atoms in total. The van der Waals surface area contributed by atoms with Gasteiger partial charge >= 0.3 is 9.28 Å². The lowest BCUT2D eigenvalue weighted by Crippen LogP contribution is -2.30. The Morgan fingerprint density at radius 2 is 1.52 bits per heavy atom. The molecule has 0 aliphatic heterocycles. The second-order valence-corrected chi connectivity index (χ2v) is 10.4. The summed E-state index contributed by atoms with van der Waals surface area (Å²) in [6, 6.07) is 10.3. The van der Waals surface area contributed by atoms with Crippen molar-refractivity contribution in [2.45, 2.75) is 103 Å². The van der Waals surface area contributed by atoms with Crippen molar-refractivity contribution < 1.29 is 13.6 Å².